The van der Waals surface area contributed by atoms with Gasteiger partial charge in [0.1, 0.15) is 12.2 Å². The zero-order valence-corrected chi connectivity index (χ0v) is 6.73. The fraction of sp³-hybridized carbons (Fsp3) is 1.00. The molecule has 4 nitrogen and oxygen atoms in total. The highest BCUT2D eigenvalue weighted by Crippen LogP contribution is 1.98. The van der Waals surface area contributed by atoms with Crippen LogP contribution in [0, 0.1) is 0 Å². The lowest BCUT2D eigenvalue weighted by atomic mass is 10.2. The van der Waals surface area contributed by atoms with E-state index in [1.165, 1.54) is 0 Å². The summed E-state index contributed by atoms with van der Waals surface area (Å²) >= 11 is 0. The standard InChI is InChI=1S/C7H16O4/c1-2-3-11-7(5-9)6(10)4-8/h6-10H,2-5H2,1H3. The molecule has 4 heteroatoms. The molecule has 2 unspecified atom stereocenters. The molecule has 0 heterocycles. The van der Waals surface area contributed by atoms with Crippen molar-refractivity contribution in [2.24, 2.45) is 0 Å². The summed E-state index contributed by atoms with van der Waals surface area (Å²) in [5.74, 6) is 0. The fourth-order valence-corrected chi connectivity index (χ4v) is 0.672. The van der Waals surface area contributed by atoms with Gasteiger partial charge in [0.05, 0.1) is 13.2 Å². The van der Waals surface area contributed by atoms with E-state index >= 15 is 0 Å². The van der Waals surface area contributed by atoms with Crippen molar-refractivity contribution in [1.29, 1.82) is 0 Å². The normalized spacial score (nSPS) is 16.4. The highest BCUT2D eigenvalue weighted by Gasteiger charge is 2.17. The van der Waals surface area contributed by atoms with Crippen molar-refractivity contribution in [3.63, 3.8) is 0 Å². The van der Waals surface area contributed by atoms with Gasteiger partial charge in [0.25, 0.3) is 0 Å². The van der Waals surface area contributed by atoms with E-state index in [9.17, 15) is 0 Å². The summed E-state index contributed by atoms with van der Waals surface area (Å²) < 4.78 is 5.03. The summed E-state index contributed by atoms with van der Waals surface area (Å²) in [7, 11) is 0. The number of hydrogen-bond donors (Lipinski definition) is 3. The van der Waals surface area contributed by atoms with Crippen molar-refractivity contribution in [3.8, 4) is 0 Å². The van der Waals surface area contributed by atoms with Crippen LogP contribution in [0.1, 0.15) is 13.3 Å². The second-order valence-corrected chi connectivity index (χ2v) is 2.34. The predicted octanol–water partition coefficient (Wildman–Crippen LogP) is -0.873. The van der Waals surface area contributed by atoms with Crippen molar-refractivity contribution in [2.75, 3.05) is 19.8 Å². The largest absolute Gasteiger partial charge is 0.394 e. The smallest absolute Gasteiger partial charge is 0.109 e. The van der Waals surface area contributed by atoms with Gasteiger partial charge in [-0.3, -0.25) is 0 Å². The van der Waals surface area contributed by atoms with Crippen molar-refractivity contribution in [3.05, 3.63) is 0 Å². The van der Waals surface area contributed by atoms with Gasteiger partial charge in [0, 0.05) is 6.61 Å². The molecule has 0 aliphatic rings. The maximum Gasteiger partial charge on any atom is 0.109 e. The molecule has 0 rings (SSSR count). The molecule has 68 valence electrons. The van der Waals surface area contributed by atoms with Crippen LogP contribution in [0.15, 0.2) is 0 Å². The van der Waals surface area contributed by atoms with E-state index in [4.69, 9.17) is 20.1 Å². The van der Waals surface area contributed by atoms with E-state index in [0.717, 1.165) is 6.42 Å². The molecule has 0 amide bonds. The van der Waals surface area contributed by atoms with Crippen molar-refractivity contribution < 1.29 is 20.1 Å². The van der Waals surface area contributed by atoms with Gasteiger partial charge in [-0.05, 0) is 6.42 Å². The number of ether oxygens (including phenoxy) is 1. The quantitative estimate of drug-likeness (QED) is 0.477. The second kappa shape index (κ2) is 6.54. The molecule has 0 fully saturated rings. The Morgan fingerprint density at radius 3 is 2.27 bits per heavy atom. The first kappa shape index (κ1) is 10.8. The molecular formula is C7H16O4. The molecule has 0 saturated carbocycles. The van der Waals surface area contributed by atoms with Crippen LogP contribution in [0.4, 0.5) is 0 Å². The van der Waals surface area contributed by atoms with Gasteiger partial charge in [0.2, 0.25) is 0 Å². The zero-order chi connectivity index (χ0) is 8.69. The van der Waals surface area contributed by atoms with Gasteiger partial charge in [-0.15, -0.1) is 0 Å². The first-order valence-electron chi connectivity index (χ1n) is 3.77. The number of aliphatic hydroxyl groups excluding tert-OH is 3. The average molecular weight is 164 g/mol. The molecule has 0 aliphatic carbocycles. The van der Waals surface area contributed by atoms with Gasteiger partial charge in [-0.25, -0.2) is 0 Å². The lowest BCUT2D eigenvalue weighted by Crippen LogP contribution is -2.35. The molecule has 3 N–H and O–H groups in total. The topological polar surface area (TPSA) is 69.9 Å². The number of aliphatic hydroxyl groups is 3. The Hall–Kier alpha value is -0.160. The fourth-order valence-electron chi connectivity index (χ4n) is 0.672. The molecular weight excluding hydrogens is 148 g/mol. The summed E-state index contributed by atoms with van der Waals surface area (Å²) in [5, 5.41) is 26.2. The van der Waals surface area contributed by atoms with E-state index in [2.05, 4.69) is 0 Å². The van der Waals surface area contributed by atoms with Gasteiger partial charge in [-0.1, -0.05) is 6.92 Å². The molecule has 0 saturated heterocycles. The van der Waals surface area contributed by atoms with E-state index in [1.54, 1.807) is 0 Å². The highest BCUT2D eigenvalue weighted by molar-refractivity contribution is 4.66. The third kappa shape index (κ3) is 4.31. The van der Waals surface area contributed by atoms with Gasteiger partial charge < -0.3 is 20.1 Å². The van der Waals surface area contributed by atoms with Gasteiger partial charge >= 0.3 is 0 Å². The predicted molar refractivity (Wildman–Crippen MR) is 40.2 cm³/mol. The first-order valence-corrected chi connectivity index (χ1v) is 3.77. The average Bonchev–Trinajstić information content (AvgIpc) is 2.05. The van der Waals surface area contributed by atoms with Crippen LogP contribution in [-0.2, 0) is 4.74 Å². The molecule has 0 aliphatic heterocycles. The molecule has 2 atom stereocenters. The minimum absolute atomic E-state index is 0.262. The number of hydrogen-bond acceptors (Lipinski definition) is 4. The van der Waals surface area contributed by atoms with E-state index in [-0.39, 0.29) is 13.2 Å². The summed E-state index contributed by atoms with van der Waals surface area (Å²) in [6.07, 6.45) is -0.805. The third-order valence-corrected chi connectivity index (χ3v) is 1.33. The third-order valence-electron chi connectivity index (χ3n) is 1.33. The van der Waals surface area contributed by atoms with Crippen LogP contribution < -0.4 is 0 Å². The Bertz CT molecular complexity index is 86.5. The number of rotatable bonds is 6. The maximum atomic E-state index is 9.01. The van der Waals surface area contributed by atoms with Crippen LogP contribution in [0.25, 0.3) is 0 Å². The Morgan fingerprint density at radius 2 is 1.91 bits per heavy atom. The van der Waals surface area contributed by atoms with Crippen molar-refractivity contribution in [2.45, 2.75) is 25.6 Å². The lowest BCUT2D eigenvalue weighted by molar-refractivity contribution is -0.0792. The second-order valence-electron chi connectivity index (χ2n) is 2.34. The molecule has 0 bridgehead atoms. The van der Waals surface area contributed by atoms with E-state index in [1.807, 2.05) is 6.92 Å². The van der Waals surface area contributed by atoms with Gasteiger partial charge in [-0.2, -0.15) is 0 Å². The summed E-state index contributed by atoms with van der Waals surface area (Å²) in [6.45, 7) is 1.78. The molecule has 0 radical (unpaired) electrons. The van der Waals surface area contributed by atoms with Crippen LogP contribution in [0.3, 0.4) is 0 Å². The van der Waals surface area contributed by atoms with E-state index < -0.39 is 12.2 Å². The SMILES string of the molecule is CCCOC(CO)C(O)CO. The maximum absolute atomic E-state index is 9.01. The summed E-state index contributed by atoms with van der Waals surface area (Å²) in [5.41, 5.74) is 0. The summed E-state index contributed by atoms with van der Waals surface area (Å²) in [4.78, 5) is 0. The molecule has 0 aromatic rings. The Morgan fingerprint density at radius 1 is 1.27 bits per heavy atom. The van der Waals surface area contributed by atoms with Crippen LogP contribution >= 0.6 is 0 Å². The van der Waals surface area contributed by atoms with Crippen molar-refractivity contribution in [1.82, 2.24) is 0 Å². The molecule has 0 aromatic carbocycles. The zero-order valence-electron chi connectivity index (χ0n) is 6.73. The van der Waals surface area contributed by atoms with Gasteiger partial charge in [0.15, 0.2) is 0 Å². The lowest BCUT2D eigenvalue weighted by Gasteiger charge is -2.18. The van der Waals surface area contributed by atoms with Crippen molar-refractivity contribution >= 4 is 0 Å². The first-order chi connectivity index (χ1) is 5.26. The molecule has 11 heavy (non-hydrogen) atoms. The minimum atomic E-state index is -0.980. The van der Waals surface area contributed by atoms with Crippen LogP contribution in [-0.4, -0.2) is 47.3 Å². The van der Waals surface area contributed by atoms with Crippen LogP contribution in [0.5, 0.6) is 0 Å². The highest BCUT2D eigenvalue weighted by atomic mass is 16.5. The molecule has 0 spiro atoms. The van der Waals surface area contributed by atoms with E-state index in [0.29, 0.717) is 6.61 Å². The Labute approximate surface area is 66.4 Å². The van der Waals surface area contributed by atoms with Crippen LogP contribution in [0.2, 0.25) is 0 Å². The Balaban J connectivity index is 3.56. The minimum Gasteiger partial charge on any atom is -0.394 e. The monoisotopic (exact) mass is 164 g/mol. The molecule has 0 aromatic heterocycles. The Kier molecular flexibility index (Phi) is 6.45. The summed E-state index contributed by atoms with van der Waals surface area (Å²) in [6, 6.07) is 0.